The van der Waals surface area contributed by atoms with Crippen LogP contribution in [0.3, 0.4) is 0 Å². The number of nitrogens with two attached hydrogens (primary N) is 1. The minimum absolute atomic E-state index is 0.0998. The maximum Gasteiger partial charge on any atom is 0.236 e. The molecule has 0 radical (unpaired) electrons. The summed E-state index contributed by atoms with van der Waals surface area (Å²) in [5, 5.41) is 11.5. The van der Waals surface area contributed by atoms with E-state index in [1.807, 2.05) is 0 Å². The quantitative estimate of drug-likeness (QED) is 0.480. The molecule has 3 N–H and O–H groups in total. The number of aromatic nitrogens is 4. The second-order valence-corrected chi connectivity index (χ2v) is 7.79. The molecule has 0 unspecified atom stereocenters. The molecule has 1 fully saturated rings. The SMILES string of the molecule is NC(=O)C1(C(=O)NCc2ocnc2Cn2cc(COc3cccc(Cl)c3)nn2)CCC1. The lowest BCUT2D eigenvalue weighted by Gasteiger charge is -2.36. The average Bonchev–Trinajstić information content (AvgIpc) is 3.33. The number of oxazole rings is 1. The molecule has 1 aliphatic carbocycles. The van der Waals surface area contributed by atoms with Gasteiger partial charge in [-0.15, -0.1) is 5.10 Å². The number of rotatable bonds is 9. The second-order valence-electron chi connectivity index (χ2n) is 7.36. The second kappa shape index (κ2) is 8.76. The summed E-state index contributed by atoms with van der Waals surface area (Å²) < 4.78 is 12.6. The third-order valence-electron chi connectivity index (χ3n) is 5.33. The number of hydrogen-bond acceptors (Lipinski definition) is 7. The number of primary amides is 1. The molecule has 1 aliphatic rings. The van der Waals surface area contributed by atoms with Crippen LogP contribution in [0, 0.1) is 5.41 Å². The molecule has 31 heavy (non-hydrogen) atoms. The summed E-state index contributed by atoms with van der Waals surface area (Å²) in [4.78, 5) is 28.3. The van der Waals surface area contributed by atoms with Crippen molar-refractivity contribution in [1.82, 2.24) is 25.3 Å². The van der Waals surface area contributed by atoms with Crippen molar-refractivity contribution in [2.24, 2.45) is 11.1 Å². The standard InChI is InChI=1S/C20H21ClN6O4/c21-13-3-1-4-15(7-13)30-11-14-9-27(26-25-14)10-16-17(31-12-24-16)8-23-19(29)20(18(22)28)5-2-6-20/h1,3-4,7,9,12H,2,5-6,8,10-11H2,(H2,22,28)(H,23,29). The lowest BCUT2D eigenvalue weighted by atomic mass is 9.67. The van der Waals surface area contributed by atoms with Crippen molar-refractivity contribution in [2.75, 3.05) is 0 Å². The number of nitrogens with zero attached hydrogens (tertiary/aromatic N) is 4. The molecule has 3 aromatic rings. The van der Waals surface area contributed by atoms with Gasteiger partial charge in [0.05, 0.1) is 19.3 Å². The van der Waals surface area contributed by atoms with Gasteiger partial charge in [-0.2, -0.15) is 0 Å². The normalized spacial score (nSPS) is 14.6. The Bertz CT molecular complexity index is 1090. The van der Waals surface area contributed by atoms with Crippen molar-refractivity contribution in [3.05, 3.63) is 59.0 Å². The molecule has 2 amide bonds. The molecule has 1 saturated carbocycles. The first-order valence-corrected chi connectivity index (χ1v) is 10.1. The van der Waals surface area contributed by atoms with Crippen molar-refractivity contribution >= 4 is 23.4 Å². The minimum Gasteiger partial charge on any atom is -0.487 e. The van der Waals surface area contributed by atoms with E-state index in [0.29, 0.717) is 47.3 Å². The summed E-state index contributed by atoms with van der Waals surface area (Å²) in [7, 11) is 0. The van der Waals surface area contributed by atoms with Gasteiger partial charge in [0.2, 0.25) is 11.8 Å². The molecule has 2 aromatic heterocycles. The molecule has 162 valence electrons. The van der Waals surface area contributed by atoms with Crippen LogP contribution < -0.4 is 15.8 Å². The predicted molar refractivity (Wildman–Crippen MR) is 109 cm³/mol. The van der Waals surface area contributed by atoms with Crippen LogP contribution in [0.25, 0.3) is 0 Å². The third kappa shape index (κ3) is 4.53. The molecule has 0 bridgehead atoms. The number of carbonyl (C=O) groups excluding carboxylic acids is 2. The van der Waals surface area contributed by atoms with Crippen LogP contribution in [0.5, 0.6) is 5.75 Å². The van der Waals surface area contributed by atoms with Gasteiger partial charge in [-0.1, -0.05) is 29.3 Å². The first-order chi connectivity index (χ1) is 15.0. The molecule has 10 nitrogen and oxygen atoms in total. The van der Waals surface area contributed by atoms with E-state index in [2.05, 4.69) is 20.6 Å². The van der Waals surface area contributed by atoms with Crippen molar-refractivity contribution in [3.8, 4) is 5.75 Å². The Morgan fingerprint density at radius 1 is 1.35 bits per heavy atom. The highest BCUT2D eigenvalue weighted by Crippen LogP contribution is 2.40. The number of carbonyl (C=O) groups is 2. The van der Waals surface area contributed by atoms with Crippen LogP contribution in [0.2, 0.25) is 5.02 Å². The van der Waals surface area contributed by atoms with Crippen LogP contribution in [-0.4, -0.2) is 31.8 Å². The molecule has 0 aliphatic heterocycles. The highest BCUT2D eigenvalue weighted by Gasteiger charge is 2.49. The van der Waals surface area contributed by atoms with Gasteiger partial charge < -0.3 is 20.2 Å². The molecule has 1 aromatic carbocycles. The fraction of sp³-hybridized carbons (Fsp3) is 0.350. The fourth-order valence-electron chi connectivity index (χ4n) is 3.36. The maximum absolute atomic E-state index is 12.4. The smallest absolute Gasteiger partial charge is 0.236 e. The molecule has 2 heterocycles. The Labute approximate surface area is 182 Å². The molecule has 0 atom stereocenters. The molecule has 0 spiro atoms. The van der Waals surface area contributed by atoms with Gasteiger partial charge in [-0.25, -0.2) is 9.67 Å². The van der Waals surface area contributed by atoms with Gasteiger partial charge in [0.25, 0.3) is 0 Å². The Kier molecular flexibility index (Phi) is 5.90. The Morgan fingerprint density at radius 2 is 2.19 bits per heavy atom. The van der Waals surface area contributed by atoms with E-state index < -0.39 is 11.3 Å². The van der Waals surface area contributed by atoms with E-state index in [1.54, 1.807) is 35.1 Å². The Hall–Kier alpha value is -3.40. The fourth-order valence-corrected chi connectivity index (χ4v) is 3.54. The summed E-state index contributed by atoms with van der Waals surface area (Å²) in [6.07, 6.45) is 4.77. The van der Waals surface area contributed by atoms with Gasteiger partial charge in [-0.3, -0.25) is 9.59 Å². The minimum atomic E-state index is -1.11. The largest absolute Gasteiger partial charge is 0.487 e. The molecule has 11 heteroatoms. The van der Waals surface area contributed by atoms with Crippen molar-refractivity contribution in [1.29, 1.82) is 0 Å². The molecule has 0 saturated heterocycles. The van der Waals surface area contributed by atoms with Gasteiger partial charge in [0, 0.05) is 5.02 Å². The highest BCUT2D eigenvalue weighted by atomic mass is 35.5. The predicted octanol–water partition coefficient (Wildman–Crippen LogP) is 1.82. The van der Waals surface area contributed by atoms with Crippen LogP contribution in [0.1, 0.15) is 36.4 Å². The third-order valence-corrected chi connectivity index (χ3v) is 5.56. The summed E-state index contributed by atoms with van der Waals surface area (Å²) in [5.41, 5.74) is 5.53. The summed E-state index contributed by atoms with van der Waals surface area (Å²) in [6.45, 7) is 0.632. The van der Waals surface area contributed by atoms with Crippen molar-refractivity contribution in [2.45, 2.75) is 39.0 Å². The first kappa shape index (κ1) is 20.9. The van der Waals surface area contributed by atoms with Gasteiger partial charge >= 0.3 is 0 Å². The summed E-state index contributed by atoms with van der Waals surface area (Å²) >= 11 is 5.95. The summed E-state index contributed by atoms with van der Waals surface area (Å²) in [6, 6.07) is 7.09. The van der Waals surface area contributed by atoms with Crippen molar-refractivity contribution in [3.63, 3.8) is 0 Å². The van der Waals surface area contributed by atoms with Gasteiger partial charge in [0.15, 0.2) is 6.39 Å². The number of benzene rings is 1. The van der Waals surface area contributed by atoms with Crippen LogP contribution in [0.4, 0.5) is 0 Å². The zero-order chi connectivity index (χ0) is 21.8. The Balaban J connectivity index is 1.33. The Morgan fingerprint density at radius 3 is 2.90 bits per heavy atom. The number of hydrogen-bond donors (Lipinski definition) is 2. The monoisotopic (exact) mass is 444 g/mol. The number of ether oxygens (including phenoxy) is 1. The number of nitrogens with one attached hydrogen (secondary N) is 1. The van der Waals surface area contributed by atoms with Gasteiger partial charge in [0.1, 0.15) is 34.9 Å². The van der Waals surface area contributed by atoms with E-state index in [1.165, 1.54) is 6.39 Å². The van der Waals surface area contributed by atoms with Crippen molar-refractivity contribution < 1.29 is 18.7 Å². The van der Waals surface area contributed by atoms with E-state index >= 15 is 0 Å². The van der Waals surface area contributed by atoms with E-state index in [-0.39, 0.29) is 19.1 Å². The lowest BCUT2D eigenvalue weighted by Crippen LogP contribution is -2.53. The topological polar surface area (TPSA) is 138 Å². The first-order valence-electron chi connectivity index (χ1n) is 9.73. The molecular formula is C20H21ClN6O4. The van der Waals surface area contributed by atoms with Crippen LogP contribution >= 0.6 is 11.6 Å². The molecule has 4 rings (SSSR count). The average molecular weight is 445 g/mol. The van der Waals surface area contributed by atoms with E-state index in [0.717, 1.165) is 6.42 Å². The van der Waals surface area contributed by atoms with E-state index in [9.17, 15) is 9.59 Å². The van der Waals surface area contributed by atoms with Crippen LogP contribution in [0.15, 0.2) is 41.3 Å². The molecular weight excluding hydrogens is 424 g/mol. The number of amides is 2. The summed E-state index contributed by atoms with van der Waals surface area (Å²) in [5.74, 6) is 0.135. The lowest BCUT2D eigenvalue weighted by molar-refractivity contribution is -0.147. The number of halogens is 1. The van der Waals surface area contributed by atoms with E-state index in [4.69, 9.17) is 26.5 Å². The zero-order valence-electron chi connectivity index (χ0n) is 16.6. The highest BCUT2D eigenvalue weighted by molar-refractivity contribution is 6.30. The van der Waals surface area contributed by atoms with Gasteiger partial charge in [-0.05, 0) is 31.0 Å². The van der Waals surface area contributed by atoms with Crippen LogP contribution in [-0.2, 0) is 29.3 Å². The zero-order valence-corrected chi connectivity index (χ0v) is 17.3. The maximum atomic E-state index is 12.4.